The van der Waals surface area contributed by atoms with Crippen LogP contribution in [0.15, 0.2) is 24.3 Å². The number of carboxylic acids is 1. The third-order valence-corrected chi connectivity index (χ3v) is 1.99. The minimum absolute atomic E-state index is 0.0510. The molecule has 0 amide bonds. The Hall–Kier alpha value is -2.17. The zero-order valence-corrected chi connectivity index (χ0v) is 9.14. The number of benzene rings is 1. The molecule has 0 bridgehead atoms. The van der Waals surface area contributed by atoms with Crippen LogP contribution >= 0.6 is 0 Å². The third-order valence-electron chi connectivity index (χ3n) is 1.99. The number of hydrogen-bond donors (Lipinski definition) is 1. The van der Waals surface area contributed by atoms with Crippen molar-refractivity contribution in [1.29, 1.82) is 0 Å². The molecule has 1 N–H and O–H groups in total. The lowest BCUT2D eigenvalue weighted by molar-refractivity contribution is -0.139. The summed E-state index contributed by atoms with van der Waals surface area (Å²) in [6, 6.07) is 3.43. The molecular weight excluding hydrogens is 227 g/mol. The van der Waals surface area contributed by atoms with E-state index in [2.05, 4.69) is 4.74 Å². The summed E-state index contributed by atoms with van der Waals surface area (Å²) in [5, 5.41) is 8.72. The summed E-state index contributed by atoms with van der Waals surface area (Å²) in [6.07, 6.45) is 2.99. The van der Waals surface area contributed by atoms with Gasteiger partial charge >= 0.3 is 11.9 Å². The molecule has 0 saturated carbocycles. The number of esters is 1. The molecule has 5 heteroatoms. The van der Waals surface area contributed by atoms with E-state index in [1.54, 1.807) is 0 Å². The second-order valence-corrected chi connectivity index (χ2v) is 3.26. The summed E-state index contributed by atoms with van der Waals surface area (Å²) in [6.45, 7) is 0. The highest BCUT2D eigenvalue weighted by Crippen LogP contribution is 2.11. The Labute approximate surface area is 97.3 Å². The van der Waals surface area contributed by atoms with Crippen LogP contribution in [0.3, 0.4) is 0 Å². The maximum atomic E-state index is 13.1. The van der Waals surface area contributed by atoms with Crippen molar-refractivity contribution in [3.05, 3.63) is 41.2 Å². The molecule has 0 unspecified atom stereocenters. The van der Waals surface area contributed by atoms with Gasteiger partial charge in [0.25, 0.3) is 0 Å². The first-order chi connectivity index (χ1) is 8.02. The van der Waals surface area contributed by atoms with Gasteiger partial charge in [0.2, 0.25) is 0 Å². The van der Waals surface area contributed by atoms with Crippen LogP contribution in [0.1, 0.15) is 22.3 Å². The highest BCUT2D eigenvalue weighted by atomic mass is 19.1. The average molecular weight is 238 g/mol. The number of halogens is 1. The Balaban J connectivity index is 2.84. The first-order valence-electron chi connectivity index (χ1n) is 4.80. The monoisotopic (exact) mass is 238 g/mol. The zero-order valence-electron chi connectivity index (χ0n) is 9.14. The van der Waals surface area contributed by atoms with Gasteiger partial charge in [0.05, 0.1) is 19.1 Å². The smallest absolute Gasteiger partial charge is 0.335 e. The van der Waals surface area contributed by atoms with E-state index in [1.165, 1.54) is 31.4 Å². The minimum Gasteiger partial charge on any atom is -0.478 e. The van der Waals surface area contributed by atoms with Crippen molar-refractivity contribution in [2.75, 3.05) is 7.11 Å². The van der Waals surface area contributed by atoms with Crippen LogP contribution in [0, 0.1) is 5.82 Å². The standard InChI is InChI=1S/C12H11FO4/c1-17-11(14)4-2-3-8-5-9(12(15)16)7-10(13)6-8/h2-3,5-7H,4H2,1H3,(H,15,16). The van der Waals surface area contributed by atoms with E-state index in [1.807, 2.05) is 0 Å². The number of methoxy groups -OCH3 is 1. The molecule has 0 saturated heterocycles. The Morgan fingerprint density at radius 1 is 1.41 bits per heavy atom. The molecule has 0 aliphatic carbocycles. The summed E-state index contributed by atoms with van der Waals surface area (Å²) >= 11 is 0. The summed E-state index contributed by atoms with van der Waals surface area (Å²) in [5.41, 5.74) is 0.244. The van der Waals surface area contributed by atoms with Gasteiger partial charge in [-0.1, -0.05) is 12.2 Å². The summed E-state index contributed by atoms with van der Waals surface area (Å²) in [5.74, 6) is -2.26. The van der Waals surface area contributed by atoms with Gasteiger partial charge < -0.3 is 9.84 Å². The van der Waals surface area contributed by atoms with Gasteiger partial charge in [-0.3, -0.25) is 4.79 Å². The fraction of sp³-hybridized carbons (Fsp3) is 0.167. The van der Waals surface area contributed by atoms with Crippen molar-refractivity contribution in [2.45, 2.75) is 6.42 Å². The molecular formula is C12H11FO4. The van der Waals surface area contributed by atoms with Gasteiger partial charge in [-0.05, 0) is 23.8 Å². The van der Waals surface area contributed by atoms with E-state index in [9.17, 15) is 14.0 Å². The van der Waals surface area contributed by atoms with Crippen molar-refractivity contribution in [3.8, 4) is 0 Å². The van der Waals surface area contributed by atoms with E-state index < -0.39 is 17.8 Å². The number of rotatable bonds is 4. The molecule has 0 heterocycles. The van der Waals surface area contributed by atoms with Gasteiger partial charge in [0, 0.05) is 0 Å². The largest absolute Gasteiger partial charge is 0.478 e. The zero-order chi connectivity index (χ0) is 12.8. The maximum Gasteiger partial charge on any atom is 0.335 e. The minimum atomic E-state index is -1.20. The lowest BCUT2D eigenvalue weighted by Crippen LogP contribution is -1.98. The van der Waals surface area contributed by atoms with Gasteiger partial charge in [0.15, 0.2) is 0 Å². The van der Waals surface area contributed by atoms with Gasteiger partial charge in [-0.15, -0.1) is 0 Å². The summed E-state index contributed by atoms with van der Waals surface area (Å²) in [4.78, 5) is 21.5. The van der Waals surface area contributed by atoms with Crippen LogP contribution in [0.4, 0.5) is 4.39 Å². The van der Waals surface area contributed by atoms with E-state index >= 15 is 0 Å². The predicted molar refractivity (Wildman–Crippen MR) is 59.0 cm³/mol. The number of carboxylic acid groups (broad SMARTS) is 1. The van der Waals surface area contributed by atoms with Crippen molar-refractivity contribution >= 4 is 18.0 Å². The van der Waals surface area contributed by atoms with Crippen molar-refractivity contribution in [1.82, 2.24) is 0 Å². The first kappa shape index (κ1) is 12.9. The molecule has 1 aromatic carbocycles. The van der Waals surface area contributed by atoms with Crippen LogP contribution < -0.4 is 0 Å². The molecule has 0 aromatic heterocycles. The normalized spacial score (nSPS) is 10.5. The molecule has 4 nitrogen and oxygen atoms in total. The van der Waals surface area contributed by atoms with Crippen LogP contribution in [0.2, 0.25) is 0 Å². The number of carbonyl (C=O) groups excluding carboxylic acids is 1. The van der Waals surface area contributed by atoms with Gasteiger partial charge in [-0.25, -0.2) is 9.18 Å². The highest BCUT2D eigenvalue weighted by Gasteiger charge is 2.05. The SMILES string of the molecule is COC(=O)CC=Cc1cc(F)cc(C(=O)O)c1. The maximum absolute atomic E-state index is 13.1. The van der Waals surface area contributed by atoms with Gasteiger partial charge in [0.1, 0.15) is 5.82 Å². The average Bonchev–Trinajstić information content (AvgIpc) is 2.28. The number of ether oxygens (including phenoxy) is 1. The number of aromatic carboxylic acids is 1. The van der Waals surface area contributed by atoms with E-state index in [0.29, 0.717) is 5.56 Å². The predicted octanol–water partition coefficient (Wildman–Crippen LogP) is 2.10. The Bertz CT molecular complexity index is 466. The van der Waals surface area contributed by atoms with E-state index in [-0.39, 0.29) is 12.0 Å². The quantitative estimate of drug-likeness (QED) is 0.816. The number of hydrogen-bond acceptors (Lipinski definition) is 3. The first-order valence-corrected chi connectivity index (χ1v) is 4.80. The summed E-state index contributed by atoms with van der Waals surface area (Å²) < 4.78 is 17.5. The van der Waals surface area contributed by atoms with E-state index in [0.717, 1.165) is 6.07 Å². The molecule has 0 radical (unpaired) electrons. The molecule has 17 heavy (non-hydrogen) atoms. The fourth-order valence-corrected chi connectivity index (χ4v) is 1.21. The third kappa shape index (κ3) is 4.06. The van der Waals surface area contributed by atoms with Crippen LogP contribution in [0.5, 0.6) is 0 Å². The molecule has 90 valence electrons. The molecule has 0 atom stereocenters. The Kier molecular flexibility index (Phi) is 4.39. The van der Waals surface area contributed by atoms with E-state index in [4.69, 9.17) is 5.11 Å². The second-order valence-electron chi connectivity index (χ2n) is 3.26. The van der Waals surface area contributed by atoms with Crippen LogP contribution in [0.25, 0.3) is 6.08 Å². The summed E-state index contributed by atoms with van der Waals surface area (Å²) in [7, 11) is 1.26. The lowest BCUT2D eigenvalue weighted by Gasteiger charge is -1.98. The van der Waals surface area contributed by atoms with Crippen molar-refractivity contribution in [3.63, 3.8) is 0 Å². The highest BCUT2D eigenvalue weighted by molar-refractivity contribution is 5.88. The fourth-order valence-electron chi connectivity index (χ4n) is 1.21. The molecule has 0 aliphatic heterocycles. The van der Waals surface area contributed by atoms with Crippen LogP contribution in [-0.4, -0.2) is 24.2 Å². The van der Waals surface area contributed by atoms with Crippen molar-refractivity contribution in [2.24, 2.45) is 0 Å². The van der Waals surface area contributed by atoms with Crippen molar-refractivity contribution < 1.29 is 23.8 Å². The topological polar surface area (TPSA) is 63.6 Å². The molecule has 0 fully saturated rings. The second kappa shape index (κ2) is 5.79. The molecule has 1 aromatic rings. The Morgan fingerprint density at radius 3 is 2.71 bits per heavy atom. The Morgan fingerprint density at radius 2 is 2.12 bits per heavy atom. The lowest BCUT2D eigenvalue weighted by atomic mass is 10.1. The molecule has 0 aliphatic rings. The number of carbonyl (C=O) groups is 2. The van der Waals surface area contributed by atoms with Gasteiger partial charge in [-0.2, -0.15) is 0 Å². The molecule has 0 spiro atoms. The molecule has 1 rings (SSSR count). The van der Waals surface area contributed by atoms with Crippen LogP contribution in [-0.2, 0) is 9.53 Å².